The van der Waals surface area contributed by atoms with Gasteiger partial charge in [-0.05, 0) is 24.8 Å². The zero-order chi connectivity index (χ0) is 15.7. The van der Waals surface area contributed by atoms with E-state index in [0.29, 0.717) is 18.6 Å². The molecule has 2 unspecified atom stereocenters. The Bertz CT molecular complexity index is 542. The van der Waals surface area contributed by atoms with Crippen molar-refractivity contribution in [3.63, 3.8) is 0 Å². The van der Waals surface area contributed by atoms with Crippen LogP contribution in [-0.2, 0) is 11.3 Å². The second-order valence-corrected chi connectivity index (χ2v) is 7.19. The molecule has 5 heteroatoms. The number of guanidine groups is 1. The number of nitrogens with zero attached hydrogens (tertiary/aromatic N) is 2. The Kier molecular flexibility index (Phi) is 5.94. The molecule has 2 aliphatic carbocycles. The van der Waals surface area contributed by atoms with Gasteiger partial charge < -0.3 is 15.4 Å². The van der Waals surface area contributed by atoms with Gasteiger partial charge in [-0.15, -0.1) is 24.0 Å². The number of aliphatic imine (C=N–C) groups is 1. The number of ether oxygens (including phenoxy) is 1. The summed E-state index contributed by atoms with van der Waals surface area (Å²) in [5.41, 5.74) is 7.40. The van der Waals surface area contributed by atoms with E-state index in [0.717, 1.165) is 6.42 Å². The fraction of sp³-hybridized carbons (Fsp3) is 0.611. The number of nitrogens with two attached hydrogens (primary N) is 1. The number of rotatable bonds is 5. The molecule has 2 aliphatic rings. The lowest BCUT2D eigenvalue weighted by atomic mass is 9.65. The molecule has 2 fully saturated rings. The quantitative estimate of drug-likeness (QED) is 0.444. The smallest absolute Gasteiger partial charge is 0.191 e. The van der Waals surface area contributed by atoms with Crippen molar-refractivity contribution < 1.29 is 4.74 Å². The Morgan fingerprint density at radius 3 is 2.52 bits per heavy atom. The Morgan fingerprint density at radius 2 is 1.96 bits per heavy atom. The van der Waals surface area contributed by atoms with E-state index in [9.17, 15) is 0 Å². The fourth-order valence-corrected chi connectivity index (χ4v) is 3.04. The molecule has 2 atom stereocenters. The molecule has 0 aromatic heterocycles. The van der Waals surface area contributed by atoms with Crippen LogP contribution in [0.2, 0.25) is 0 Å². The highest BCUT2D eigenvalue weighted by molar-refractivity contribution is 14.0. The van der Waals surface area contributed by atoms with Gasteiger partial charge in [0.05, 0.1) is 18.8 Å². The molecule has 0 saturated heterocycles. The summed E-state index contributed by atoms with van der Waals surface area (Å²) < 4.78 is 6.09. The normalized spacial score (nSPS) is 26.1. The molecule has 1 aromatic carbocycles. The van der Waals surface area contributed by atoms with E-state index in [1.54, 1.807) is 0 Å². The Labute approximate surface area is 156 Å². The van der Waals surface area contributed by atoms with Gasteiger partial charge in [0.2, 0.25) is 0 Å². The SMILES string of the molecule is CN(C(N)=NC1CC(OCc2ccccc2)C1(C)C)C1CC1.I. The van der Waals surface area contributed by atoms with Gasteiger partial charge in [0.15, 0.2) is 5.96 Å². The molecule has 0 heterocycles. The maximum absolute atomic E-state index is 6.14. The Balaban J connectivity index is 0.00000192. The van der Waals surface area contributed by atoms with Gasteiger partial charge in [-0.2, -0.15) is 0 Å². The van der Waals surface area contributed by atoms with Crippen LogP contribution in [0.5, 0.6) is 0 Å². The summed E-state index contributed by atoms with van der Waals surface area (Å²) in [6.07, 6.45) is 3.69. The molecule has 0 bridgehead atoms. The number of hydrogen-bond donors (Lipinski definition) is 1. The number of hydrogen-bond acceptors (Lipinski definition) is 2. The van der Waals surface area contributed by atoms with Crippen LogP contribution in [0.4, 0.5) is 0 Å². The van der Waals surface area contributed by atoms with Crippen LogP contribution in [0.1, 0.15) is 38.7 Å². The van der Waals surface area contributed by atoms with Gasteiger partial charge >= 0.3 is 0 Å². The molecule has 0 radical (unpaired) electrons. The molecule has 0 aliphatic heterocycles. The van der Waals surface area contributed by atoms with Crippen LogP contribution in [-0.4, -0.2) is 36.1 Å². The monoisotopic (exact) mass is 429 g/mol. The predicted octanol–water partition coefficient (Wildman–Crippen LogP) is 3.40. The summed E-state index contributed by atoms with van der Waals surface area (Å²) >= 11 is 0. The van der Waals surface area contributed by atoms with Gasteiger partial charge in [0, 0.05) is 18.5 Å². The van der Waals surface area contributed by atoms with E-state index in [4.69, 9.17) is 15.5 Å². The largest absolute Gasteiger partial charge is 0.373 e. The van der Waals surface area contributed by atoms with Crippen molar-refractivity contribution in [2.45, 2.75) is 57.9 Å². The van der Waals surface area contributed by atoms with Gasteiger partial charge in [0.25, 0.3) is 0 Å². The topological polar surface area (TPSA) is 50.8 Å². The second-order valence-electron chi connectivity index (χ2n) is 7.19. The van der Waals surface area contributed by atoms with E-state index in [2.05, 4.69) is 30.9 Å². The average Bonchev–Trinajstić information content (AvgIpc) is 3.34. The van der Waals surface area contributed by atoms with Gasteiger partial charge in [0.1, 0.15) is 0 Å². The van der Waals surface area contributed by atoms with Gasteiger partial charge in [-0.3, -0.25) is 0 Å². The third-order valence-corrected chi connectivity index (χ3v) is 5.16. The first kappa shape index (κ1) is 18.5. The third-order valence-electron chi connectivity index (χ3n) is 5.16. The minimum Gasteiger partial charge on any atom is -0.373 e. The van der Waals surface area contributed by atoms with Gasteiger partial charge in [-0.1, -0.05) is 44.2 Å². The minimum atomic E-state index is 0. The number of halogens is 1. The summed E-state index contributed by atoms with van der Waals surface area (Å²) in [7, 11) is 2.05. The van der Waals surface area contributed by atoms with Crippen molar-refractivity contribution in [2.75, 3.05) is 7.05 Å². The maximum atomic E-state index is 6.14. The molecular weight excluding hydrogens is 401 g/mol. The first-order valence-electron chi connectivity index (χ1n) is 8.20. The van der Waals surface area contributed by atoms with Crippen LogP contribution in [0.25, 0.3) is 0 Å². The lowest BCUT2D eigenvalue weighted by molar-refractivity contribution is -0.114. The molecule has 128 valence electrons. The maximum Gasteiger partial charge on any atom is 0.191 e. The molecule has 23 heavy (non-hydrogen) atoms. The molecule has 1 aromatic rings. The zero-order valence-corrected chi connectivity index (χ0v) is 16.6. The van der Waals surface area contributed by atoms with Crippen LogP contribution >= 0.6 is 24.0 Å². The van der Waals surface area contributed by atoms with Crippen molar-refractivity contribution >= 4 is 29.9 Å². The van der Waals surface area contributed by atoms with Crippen molar-refractivity contribution in [3.8, 4) is 0 Å². The predicted molar refractivity (Wildman–Crippen MR) is 105 cm³/mol. The first-order valence-corrected chi connectivity index (χ1v) is 8.20. The highest BCUT2D eigenvalue weighted by Crippen LogP contribution is 2.45. The van der Waals surface area contributed by atoms with E-state index in [1.807, 2.05) is 25.2 Å². The molecule has 2 saturated carbocycles. The fourth-order valence-electron chi connectivity index (χ4n) is 3.04. The van der Waals surface area contributed by atoms with Crippen molar-refractivity contribution in [3.05, 3.63) is 35.9 Å². The summed E-state index contributed by atoms with van der Waals surface area (Å²) in [6, 6.07) is 11.2. The first-order chi connectivity index (χ1) is 10.5. The van der Waals surface area contributed by atoms with E-state index >= 15 is 0 Å². The summed E-state index contributed by atoms with van der Waals surface area (Å²) in [4.78, 5) is 6.86. The molecular formula is C18H28IN3O. The highest BCUT2D eigenvalue weighted by Gasteiger charge is 2.49. The Hall–Kier alpha value is -0.820. The van der Waals surface area contributed by atoms with Crippen molar-refractivity contribution in [2.24, 2.45) is 16.1 Å². The molecule has 0 amide bonds. The lowest BCUT2D eigenvalue weighted by Gasteiger charge is -2.49. The molecule has 0 spiro atoms. The summed E-state index contributed by atoms with van der Waals surface area (Å²) in [5, 5.41) is 0. The van der Waals surface area contributed by atoms with E-state index in [1.165, 1.54) is 18.4 Å². The molecule has 2 N–H and O–H groups in total. The number of benzene rings is 1. The second kappa shape index (κ2) is 7.38. The van der Waals surface area contributed by atoms with Crippen molar-refractivity contribution in [1.29, 1.82) is 0 Å². The summed E-state index contributed by atoms with van der Waals surface area (Å²) in [5.74, 6) is 0.682. The molecule has 3 rings (SSSR count). The highest BCUT2D eigenvalue weighted by atomic mass is 127. The Morgan fingerprint density at radius 1 is 1.30 bits per heavy atom. The van der Waals surface area contributed by atoms with Crippen LogP contribution in [0.3, 0.4) is 0 Å². The van der Waals surface area contributed by atoms with Crippen LogP contribution in [0.15, 0.2) is 35.3 Å². The van der Waals surface area contributed by atoms with E-state index in [-0.39, 0.29) is 41.5 Å². The standard InChI is InChI=1S/C18H27N3O.HI/c1-18(2)15(20-17(19)21(3)14-9-10-14)11-16(18)22-12-13-7-5-4-6-8-13;/h4-8,14-16H,9-12H2,1-3H3,(H2,19,20);1H. The lowest BCUT2D eigenvalue weighted by Crippen LogP contribution is -2.54. The molecule has 4 nitrogen and oxygen atoms in total. The average molecular weight is 429 g/mol. The third kappa shape index (κ3) is 4.18. The van der Waals surface area contributed by atoms with Crippen LogP contribution in [0, 0.1) is 5.41 Å². The summed E-state index contributed by atoms with van der Waals surface area (Å²) in [6.45, 7) is 5.12. The van der Waals surface area contributed by atoms with Gasteiger partial charge in [-0.25, -0.2) is 4.99 Å². The van der Waals surface area contributed by atoms with E-state index < -0.39 is 0 Å². The van der Waals surface area contributed by atoms with Crippen LogP contribution < -0.4 is 5.73 Å². The van der Waals surface area contributed by atoms with Crippen molar-refractivity contribution in [1.82, 2.24) is 4.90 Å². The minimum absolute atomic E-state index is 0. The zero-order valence-electron chi connectivity index (χ0n) is 14.2.